The van der Waals surface area contributed by atoms with Gasteiger partial charge in [-0.2, -0.15) is 0 Å². The number of benzene rings is 1. The van der Waals surface area contributed by atoms with Crippen LogP contribution in [0.5, 0.6) is 0 Å². The first-order valence-corrected chi connectivity index (χ1v) is 7.21. The summed E-state index contributed by atoms with van der Waals surface area (Å²) < 4.78 is 5.53. The predicted octanol–water partition coefficient (Wildman–Crippen LogP) is 2.35. The number of hydrazine groups is 1. The molecule has 3 unspecified atom stereocenters. The van der Waals surface area contributed by atoms with Crippen LogP contribution in [-0.2, 0) is 11.2 Å². The van der Waals surface area contributed by atoms with Crippen molar-refractivity contribution in [3.63, 3.8) is 0 Å². The molecule has 0 radical (unpaired) electrons. The van der Waals surface area contributed by atoms with Gasteiger partial charge >= 0.3 is 0 Å². The maximum atomic E-state index is 5.80. The van der Waals surface area contributed by atoms with Crippen molar-refractivity contribution in [3.05, 3.63) is 34.9 Å². The summed E-state index contributed by atoms with van der Waals surface area (Å²) in [5.74, 6) is 6.97. The lowest BCUT2D eigenvalue weighted by molar-refractivity contribution is 0.0109. The van der Waals surface area contributed by atoms with E-state index in [2.05, 4.69) is 44.4 Å². The normalized spacial score (nSPS) is 25.3. The van der Waals surface area contributed by atoms with Gasteiger partial charge in [-0.1, -0.05) is 36.2 Å². The van der Waals surface area contributed by atoms with E-state index in [9.17, 15) is 0 Å². The minimum Gasteiger partial charge on any atom is -0.381 e. The predicted molar refractivity (Wildman–Crippen MR) is 78.8 cm³/mol. The van der Waals surface area contributed by atoms with E-state index in [1.54, 1.807) is 0 Å². The maximum absolute atomic E-state index is 5.80. The second-order valence-electron chi connectivity index (χ2n) is 5.98. The minimum absolute atomic E-state index is 0.333. The van der Waals surface area contributed by atoms with Crippen molar-refractivity contribution in [2.75, 3.05) is 13.2 Å². The molecule has 0 aliphatic carbocycles. The van der Waals surface area contributed by atoms with Crippen LogP contribution in [0.2, 0.25) is 0 Å². The summed E-state index contributed by atoms with van der Waals surface area (Å²) in [6.45, 7) is 8.28. The van der Waals surface area contributed by atoms with Crippen LogP contribution in [0.1, 0.15) is 30.0 Å². The standard InChI is InChI=1S/C16H26N2O/c1-11-6-12(2)8-14(7-11)9-16(18-17)15-4-5-19-10-13(15)3/h6-8,13,15-16,18H,4-5,9-10,17H2,1-3H3. The Hall–Kier alpha value is -0.900. The van der Waals surface area contributed by atoms with Crippen LogP contribution >= 0.6 is 0 Å². The summed E-state index contributed by atoms with van der Waals surface area (Å²) in [6.07, 6.45) is 2.09. The molecule has 1 heterocycles. The van der Waals surface area contributed by atoms with Crippen LogP contribution < -0.4 is 11.3 Å². The van der Waals surface area contributed by atoms with Gasteiger partial charge in [-0.25, -0.2) is 0 Å². The lowest BCUT2D eigenvalue weighted by atomic mass is 9.81. The first-order valence-electron chi connectivity index (χ1n) is 7.21. The Balaban J connectivity index is 2.09. The number of nitrogens with one attached hydrogen (secondary N) is 1. The van der Waals surface area contributed by atoms with Crippen LogP contribution in [0, 0.1) is 25.7 Å². The summed E-state index contributed by atoms with van der Waals surface area (Å²) in [7, 11) is 0. The van der Waals surface area contributed by atoms with Gasteiger partial charge in [-0.3, -0.25) is 11.3 Å². The van der Waals surface area contributed by atoms with Crippen molar-refractivity contribution in [2.45, 2.75) is 39.7 Å². The summed E-state index contributed by atoms with van der Waals surface area (Å²) in [6, 6.07) is 7.08. The molecular formula is C16H26N2O. The van der Waals surface area contributed by atoms with Crippen molar-refractivity contribution in [1.29, 1.82) is 0 Å². The van der Waals surface area contributed by atoms with Gasteiger partial charge in [0.1, 0.15) is 0 Å². The Morgan fingerprint density at radius 3 is 2.58 bits per heavy atom. The van der Waals surface area contributed by atoms with Crippen LogP contribution in [0.4, 0.5) is 0 Å². The van der Waals surface area contributed by atoms with Crippen molar-refractivity contribution in [2.24, 2.45) is 17.7 Å². The fourth-order valence-corrected chi connectivity index (χ4v) is 3.27. The highest BCUT2D eigenvalue weighted by atomic mass is 16.5. The molecule has 3 N–H and O–H groups in total. The molecule has 3 atom stereocenters. The lowest BCUT2D eigenvalue weighted by Gasteiger charge is -2.35. The highest BCUT2D eigenvalue weighted by Gasteiger charge is 2.29. The topological polar surface area (TPSA) is 47.3 Å². The van der Waals surface area contributed by atoms with Gasteiger partial charge in [0.2, 0.25) is 0 Å². The molecule has 0 bridgehead atoms. The van der Waals surface area contributed by atoms with E-state index in [0.717, 1.165) is 26.1 Å². The maximum Gasteiger partial charge on any atom is 0.0494 e. The zero-order valence-electron chi connectivity index (χ0n) is 12.3. The van der Waals surface area contributed by atoms with E-state index in [-0.39, 0.29) is 0 Å². The molecule has 19 heavy (non-hydrogen) atoms. The molecule has 1 saturated heterocycles. The van der Waals surface area contributed by atoms with Crippen molar-refractivity contribution in [3.8, 4) is 0 Å². The molecule has 1 fully saturated rings. The molecule has 0 amide bonds. The molecule has 1 aromatic carbocycles. The second kappa shape index (κ2) is 6.51. The number of aryl methyl sites for hydroxylation is 2. The quantitative estimate of drug-likeness (QED) is 0.647. The van der Waals surface area contributed by atoms with Crippen LogP contribution in [0.25, 0.3) is 0 Å². The van der Waals surface area contributed by atoms with Gasteiger partial charge in [0, 0.05) is 19.3 Å². The van der Waals surface area contributed by atoms with E-state index in [1.807, 2.05) is 0 Å². The third-order valence-electron chi connectivity index (χ3n) is 4.18. The highest BCUT2D eigenvalue weighted by molar-refractivity contribution is 5.29. The van der Waals surface area contributed by atoms with Crippen molar-refractivity contribution >= 4 is 0 Å². The van der Waals surface area contributed by atoms with Crippen LogP contribution in [0.3, 0.4) is 0 Å². The zero-order chi connectivity index (χ0) is 13.8. The van der Waals surface area contributed by atoms with E-state index in [0.29, 0.717) is 17.9 Å². The van der Waals surface area contributed by atoms with Gasteiger partial charge in [0.25, 0.3) is 0 Å². The molecular weight excluding hydrogens is 236 g/mol. The Bertz CT molecular complexity index is 399. The van der Waals surface area contributed by atoms with Crippen molar-refractivity contribution < 1.29 is 4.74 Å². The fraction of sp³-hybridized carbons (Fsp3) is 0.625. The number of ether oxygens (including phenoxy) is 1. The molecule has 0 saturated carbocycles. The molecule has 1 aliphatic rings. The largest absolute Gasteiger partial charge is 0.381 e. The first-order chi connectivity index (χ1) is 9.10. The van der Waals surface area contributed by atoms with Gasteiger partial charge < -0.3 is 4.74 Å². The molecule has 3 nitrogen and oxygen atoms in total. The average molecular weight is 262 g/mol. The zero-order valence-corrected chi connectivity index (χ0v) is 12.3. The number of nitrogens with two attached hydrogens (primary N) is 1. The third kappa shape index (κ3) is 3.78. The Morgan fingerprint density at radius 1 is 1.32 bits per heavy atom. The molecule has 1 aliphatic heterocycles. The van der Waals surface area contributed by atoms with E-state index < -0.39 is 0 Å². The van der Waals surface area contributed by atoms with E-state index in [1.165, 1.54) is 16.7 Å². The van der Waals surface area contributed by atoms with E-state index in [4.69, 9.17) is 10.6 Å². The lowest BCUT2D eigenvalue weighted by Crippen LogP contribution is -2.47. The van der Waals surface area contributed by atoms with Crippen molar-refractivity contribution in [1.82, 2.24) is 5.43 Å². The number of rotatable bonds is 4. The SMILES string of the molecule is Cc1cc(C)cc(CC(NN)C2CCOCC2C)c1. The van der Waals surface area contributed by atoms with Gasteiger partial charge in [0.15, 0.2) is 0 Å². The van der Waals surface area contributed by atoms with Gasteiger partial charge in [-0.05, 0) is 44.1 Å². The third-order valence-corrected chi connectivity index (χ3v) is 4.18. The number of hydrogen-bond acceptors (Lipinski definition) is 3. The average Bonchev–Trinajstić information content (AvgIpc) is 2.36. The van der Waals surface area contributed by atoms with Gasteiger partial charge in [0.05, 0.1) is 0 Å². The second-order valence-corrected chi connectivity index (χ2v) is 5.98. The molecule has 3 heteroatoms. The Kier molecular flexibility index (Phi) is 4.97. The molecule has 106 valence electrons. The Morgan fingerprint density at radius 2 is 2.00 bits per heavy atom. The Labute approximate surface area is 116 Å². The molecule has 2 rings (SSSR count). The molecule has 0 spiro atoms. The van der Waals surface area contributed by atoms with E-state index >= 15 is 0 Å². The number of hydrogen-bond donors (Lipinski definition) is 2. The monoisotopic (exact) mass is 262 g/mol. The van der Waals surface area contributed by atoms with Crippen LogP contribution in [0.15, 0.2) is 18.2 Å². The van der Waals surface area contributed by atoms with Gasteiger partial charge in [-0.15, -0.1) is 0 Å². The van der Waals surface area contributed by atoms with Crippen LogP contribution in [-0.4, -0.2) is 19.3 Å². The summed E-state index contributed by atoms with van der Waals surface area (Å²) in [4.78, 5) is 0. The summed E-state index contributed by atoms with van der Waals surface area (Å²) in [5.41, 5.74) is 7.06. The summed E-state index contributed by atoms with van der Waals surface area (Å²) >= 11 is 0. The first kappa shape index (κ1) is 14.5. The summed E-state index contributed by atoms with van der Waals surface area (Å²) in [5, 5.41) is 0. The fourth-order valence-electron chi connectivity index (χ4n) is 3.27. The minimum atomic E-state index is 0.333. The smallest absolute Gasteiger partial charge is 0.0494 e. The highest BCUT2D eigenvalue weighted by Crippen LogP contribution is 2.26. The molecule has 0 aromatic heterocycles. The molecule has 1 aromatic rings.